The molecular weight excluding hydrogens is 282 g/mol. The Morgan fingerprint density at radius 2 is 2.06 bits per heavy atom. The van der Waals surface area contributed by atoms with E-state index in [4.69, 9.17) is 5.11 Å². The Morgan fingerprint density at radius 3 is 2.59 bits per heavy atom. The second-order valence-electron chi connectivity index (χ2n) is 4.18. The van der Waals surface area contributed by atoms with Gasteiger partial charge in [0.05, 0.1) is 12.6 Å². The Hall–Kier alpha value is -0.870. The van der Waals surface area contributed by atoms with Crippen molar-refractivity contribution in [2.75, 3.05) is 6.61 Å². The molecule has 1 aromatic carbocycles. The van der Waals surface area contributed by atoms with E-state index in [1.807, 2.05) is 32.9 Å². The van der Waals surface area contributed by atoms with Crippen molar-refractivity contribution in [3.05, 3.63) is 33.3 Å². The summed E-state index contributed by atoms with van der Waals surface area (Å²) in [4.78, 5) is 12.0. The van der Waals surface area contributed by atoms with E-state index in [9.17, 15) is 4.79 Å². The van der Waals surface area contributed by atoms with E-state index >= 15 is 0 Å². The van der Waals surface area contributed by atoms with E-state index in [2.05, 4.69) is 21.2 Å². The standard InChI is InChI=1S/C13H18BrNO2/c1-4-10(7-16)15-13(17)11-5-9(3)12(14)6-8(11)2/h5-6,10,16H,4,7H2,1-3H3,(H,15,17). The zero-order valence-electron chi connectivity index (χ0n) is 10.4. The molecule has 0 heterocycles. The van der Waals surface area contributed by atoms with Gasteiger partial charge in [0.2, 0.25) is 0 Å². The Bertz CT molecular complexity index is 414. The van der Waals surface area contributed by atoms with Gasteiger partial charge < -0.3 is 10.4 Å². The first-order valence-corrected chi connectivity index (χ1v) is 6.47. The van der Waals surface area contributed by atoms with Gasteiger partial charge in [-0.05, 0) is 43.5 Å². The van der Waals surface area contributed by atoms with Gasteiger partial charge in [0.1, 0.15) is 0 Å². The fourth-order valence-electron chi connectivity index (χ4n) is 1.57. The Morgan fingerprint density at radius 1 is 1.41 bits per heavy atom. The molecule has 0 radical (unpaired) electrons. The molecule has 0 saturated heterocycles. The van der Waals surface area contributed by atoms with Crippen LogP contribution in [0.2, 0.25) is 0 Å². The summed E-state index contributed by atoms with van der Waals surface area (Å²) in [6, 6.07) is 3.62. The van der Waals surface area contributed by atoms with Gasteiger partial charge in [0.25, 0.3) is 5.91 Å². The predicted octanol–water partition coefficient (Wildman–Crippen LogP) is 2.57. The molecule has 1 atom stereocenters. The zero-order valence-corrected chi connectivity index (χ0v) is 12.0. The number of nitrogens with one attached hydrogen (secondary N) is 1. The number of aryl methyl sites for hydroxylation is 2. The molecule has 0 aliphatic rings. The average molecular weight is 300 g/mol. The van der Waals surface area contributed by atoms with Gasteiger partial charge in [-0.2, -0.15) is 0 Å². The Kier molecular flexibility index (Phi) is 5.15. The lowest BCUT2D eigenvalue weighted by molar-refractivity contribution is 0.0914. The summed E-state index contributed by atoms with van der Waals surface area (Å²) in [5.41, 5.74) is 2.61. The molecular formula is C13H18BrNO2. The smallest absolute Gasteiger partial charge is 0.251 e. The van der Waals surface area contributed by atoms with Crippen LogP contribution in [0, 0.1) is 13.8 Å². The number of hydrogen-bond acceptors (Lipinski definition) is 2. The molecule has 94 valence electrons. The van der Waals surface area contributed by atoms with Gasteiger partial charge in [0.15, 0.2) is 0 Å². The van der Waals surface area contributed by atoms with Gasteiger partial charge in [-0.1, -0.05) is 22.9 Å². The monoisotopic (exact) mass is 299 g/mol. The lowest BCUT2D eigenvalue weighted by atomic mass is 10.0. The highest BCUT2D eigenvalue weighted by Crippen LogP contribution is 2.21. The molecule has 0 saturated carbocycles. The van der Waals surface area contributed by atoms with Crippen molar-refractivity contribution in [3.63, 3.8) is 0 Å². The Balaban J connectivity index is 2.93. The van der Waals surface area contributed by atoms with E-state index in [1.54, 1.807) is 0 Å². The van der Waals surface area contributed by atoms with Crippen LogP contribution in [0.5, 0.6) is 0 Å². The van der Waals surface area contributed by atoms with Gasteiger partial charge in [-0.15, -0.1) is 0 Å². The molecule has 2 N–H and O–H groups in total. The normalized spacial score (nSPS) is 12.3. The van der Waals surface area contributed by atoms with Crippen LogP contribution in [0.3, 0.4) is 0 Å². The average Bonchev–Trinajstić information content (AvgIpc) is 2.30. The van der Waals surface area contributed by atoms with Crippen LogP contribution < -0.4 is 5.32 Å². The van der Waals surface area contributed by atoms with E-state index < -0.39 is 0 Å². The summed E-state index contributed by atoms with van der Waals surface area (Å²) in [5.74, 6) is -0.126. The summed E-state index contributed by atoms with van der Waals surface area (Å²) in [5, 5.41) is 11.9. The molecule has 17 heavy (non-hydrogen) atoms. The number of aliphatic hydroxyl groups excluding tert-OH is 1. The predicted molar refractivity (Wildman–Crippen MR) is 72.2 cm³/mol. The van der Waals surface area contributed by atoms with E-state index in [0.717, 1.165) is 22.0 Å². The molecule has 3 nitrogen and oxygen atoms in total. The van der Waals surface area contributed by atoms with Crippen molar-refractivity contribution in [2.45, 2.75) is 33.2 Å². The number of aliphatic hydroxyl groups is 1. The maximum atomic E-state index is 12.0. The number of hydrogen-bond donors (Lipinski definition) is 2. The number of rotatable bonds is 4. The number of amides is 1. The first-order chi connectivity index (χ1) is 7.99. The molecule has 1 unspecified atom stereocenters. The Labute approximate surface area is 110 Å². The zero-order chi connectivity index (χ0) is 13.0. The van der Waals surface area contributed by atoms with Gasteiger partial charge >= 0.3 is 0 Å². The number of carbonyl (C=O) groups excluding carboxylic acids is 1. The molecule has 1 rings (SSSR count). The molecule has 0 spiro atoms. The summed E-state index contributed by atoms with van der Waals surface area (Å²) < 4.78 is 1.00. The van der Waals surface area contributed by atoms with Gasteiger partial charge in [-0.3, -0.25) is 4.79 Å². The minimum atomic E-state index is -0.175. The maximum absolute atomic E-state index is 12.0. The number of carbonyl (C=O) groups is 1. The van der Waals surface area contributed by atoms with Crippen LogP contribution in [0.25, 0.3) is 0 Å². The minimum Gasteiger partial charge on any atom is -0.394 e. The molecule has 0 aliphatic carbocycles. The maximum Gasteiger partial charge on any atom is 0.251 e. The summed E-state index contributed by atoms with van der Waals surface area (Å²) in [6.07, 6.45) is 0.719. The fraction of sp³-hybridized carbons (Fsp3) is 0.462. The number of halogens is 1. The second kappa shape index (κ2) is 6.17. The van der Waals surface area contributed by atoms with E-state index in [0.29, 0.717) is 5.56 Å². The largest absolute Gasteiger partial charge is 0.394 e. The number of benzene rings is 1. The third-order valence-corrected chi connectivity index (χ3v) is 3.65. The first-order valence-electron chi connectivity index (χ1n) is 5.68. The van der Waals surface area contributed by atoms with E-state index in [1.165, 1.54) is 0 Å². The third-order valence-electron chi connectivity index (χ3n) is 2.80. The van der Waals surface area contributed by atoms with Crippen LogP contribution in [0.15, 0.2) is 16.6 Å². The van der Waals surface area contributed by atoms with Crippen molar-refractivity contribution in [1.82, 2.24) is 5.32 Å². The summed E-state index contributed by atoms with van der Waals surface area (Å²) in [7, 11) is 0. The molecule has 0 fully saturated rings. The minimum absolute atomic E-state index is 0.0310. The molecule has 4 heteroatoms. The van der Waals surface area contributed by atoms with Crippen molar-refractivity contribution in [1.29, 1.82) is 0 Å². The molecule has 1 amide bonds. The topological polar surface area (TPSA) is 49.3 Å². The fourth-order valence-corrected chi connectivity index (χ4v) is 2.02. The second-order valence-corrected chi connectivity index (χ2v) is 5.03. The highest BCUT2D eigenvalue weighted by molar-refractivity contribution is 9.10. The van der Waals surface area contributed by atoms with Crippen LogP contribution in [-0.4, -0.2) is 23.7 Å². The van der Waals surface area contributed by atoms with Gasteiger partial charge in [0, 0.05) is 10.0 Å². The molecule has 0 bridgehead atoms. The highest BCUT2D eigenvalue weighted by Gasteiger charge is 2.14. The summed E-state index contributed by atoms with van der Waals surface area (Å²) in [6.45, 7) is 5.75. The first kappa shape index (κ1) is 14.2. The SMILES string of the molecule is CCC(CO)NC(=O)c1cc(C)c(Br)cc1C. The van der Waals surface area contributed by atoms with Crippen molar-refractivity contribution in [3.8, 4) is 0 Å². The summed E-state index contributed by atoms with van der Waals surface area (Å²) >= 11 is 3.44. The van der Waals surface area contributed by atoms with Crippen molar-refractivity contribution < 1.29 is 9.90 Å². The van der Waals surface area contributed by atoms with Crippen molar-refractivity contribution >= 4 is 21.8 Å². The van der Waals surface area contributed by atoms with Gasteiger partial charge in [-0.25, -0.2) is 0 Å². The lowest BCUT2D eigenvalue weighted by Gasteiger charge is -2.15. The quantitative estimate of drug-likeness (QED) is 0.898. The van der Waals surface area contributed by atoms with Crippen LogP contribution >= 0.6 is 15.9 Å². The molecule has 0 aliphatic heterocycles. The molecule has 0 aromatic heterocycles. The lowest BCUT2D eigenvalue weighted by Crippen LogP contribution is -2.37. The molecule has 1 aromatic rings. The van der Waals surface area contributed by atoms with E-state index in [-0.39, 0.29) is 18.6 Å². The highest BCUT2D eigenvalue weighted by atomic mass is 79.9. The van der Waals surface area contributed by atoms with Crippen LogP contribution in [-0.2, 0) is 0 Å². The van der Waals surface area contributed by atoms with Crippen LogP contribution in [0.4, 0.5) is 0 Å². The van der Waals surface area contributed by atoms with Crippen molar-refractivity contribution in [2.24, 2.45) is 0 Å². The van der Waals surface area contributed by atoms with Crippen LogP contribution in [0.1, 0.15) is 34.8 Å². The third kappa shape index (κ3) is 3.54.